The smallest absolute Gasteiger partial charge is 0.307 e. The molecular formula is C13H15N3O3S. The Morgan fingerprint density at radius 2 is 2.15 bits per heavy atom. The van der Waals surface area contributed by atoms with Crippen molar-refractivity contribution in [3.63, 3.8) is 0 Å². The van der Waals surface area contributed by atoms with Crippen molar-refractivity contribution in [3.05, 3.63) is 36.2 Å². The molecule has 1 heterocycles. The van der Waals surface area contributed by atoms with Crippen LogP contribution in [0.1, 0.15) is 5.56 Å². The number of carbonyl (C=O) groups is 1. The van der Waals surface area contributed by atoms with Crippen molar-refractivity contribution >= 4 is 17.7 Å². The number of rotatable bonds is 7. The highest BCUT2D eigenvalue weighted by molar-refractivity contribution is 7.99. The fourth-order valence-corrected chi connectivity index (χ4v) is 2.28. The Kier molecular flexibility index (Phi) is 5.00. The molecule has 1 aromatic heterocycles. The second-order valence-electron chi connectivity index (χ2n) is 4.14. The van der Waals surface area contributed by atoms with Crippen LogP contribution in [0.25, 0.3) is 0 Å². The van der Waals surface area contributed by atoms with E-state index in [4.69, 9.17) is 9.84 Å². The third-order valence-corrected chi connectivity index (χ3v) is 3.53. The largest absolute Gasteiger partial charge is 0.493 e. The number of aliphatic carboxylic acids is 1. The summed E-state index contributed by atoms with van der Waals surface area (Å²) in [5.74, 6) is 0.667. The second-order valence-corrected chi connectivity index (χ2v) is 5.20. The minimum atomic E-state index is -0.834. The van der Waals surface area contributed by atoms with Gasteiger partial charge in [-0.3, -0.25) is 4.79 Å². The lowest BCUT2D eigenvalue weighted by Gasteiger charge is -2.06. The molecule has 0 amide bonds. The van der Waals surface area contributed by atoms with E-state index in [1.165, 1.54) is 0 Å². The molecule has 0 fully saturated rings. The fourth-order valence-electron chi connectivity index (χ4n) is 1.57. The van der Waals surface area contributed by atoms with Crippen LogP contribution in [0.4, 0.5) is 0 Å². The lowest BCUT2D eigenvalue weighted by molar-refractivity contribution is -0.136. The molecule has 0 spiro atoms. The molecule has 7 heteroatoms. The highest BCUT2D eigenvalue weighted by Gasteiger charge is 2.02. The molecule has 2 rings (SSSR count). The van der Waals surface area contributed by atoms with Crippen LogP contribution in [0.2, 0.25) is 0 Å². The quantitative estimate of drug-likeness (QED) is 0.617. The van der Waals surface area contributed by atoms with Gasteiger partial charge in [0.1, 0.15) is 12.1 Å². The average molecular weight is 293 g/mol. The predicted molar refractivity (Wildman–Crippen MR) is 75.0 cm³/mol. The van der Waals surface area contributed by atoms with Gasteiger partial charge in [0.15, 0.2) is 5.16 Å². The van der Waals surface area contributed by atoms with Gasteiger partial charge in [0.05, 0.1) is 13.0 Å². The lowest BCUT2D eigenvalue weighted by Crippen LogP contribution is -2.02. The van der Waals surface area contributed by atoms with E-state index < -0.39 is 5.97 Å². The van der Waals surface area contributed by atoms with Gasteiger partial charge in [-0.2, -0.15) is 0 Å². The first-order valence-electron chi connectivity index (χ1n) is 6.05. The molecule has 0 bridgehead atoms. The summed E-state index contributed by atoms with van der Waals surface area (Å²) in [7, 11) is 1.89. The molecule has 0 aliphatic carbocycles. The van der Waals surface area contributed by atoms with Gasteiger partial charge in [-0.25, -0.2) is 0 Å². The normalized spacial score (nSPS) is 10.4. The summed E-state index contributed by atoms with van der Waals surface area (Å²) < 4.78 is 7.43. The molecule has 0 radical (unpaired) electrons. The molecule has 0 saturated heterocycles. The van der Waals surface area contributed by atoms with Crippen molar-refractivity contribution < 1.29 is 14.6 Å². The summed E-state index contributed by atoms with van der Waals surface area (Å²) in [6.07, 6.45) is 1.69. The maximum absolute atomic E-state index is 10.6. The first-order chi connectivity index (χ1) is 9.65. The van der Waals surface area contributed by atoms with Crippen LogP contribution in [0.15, 0.2) is 35.7 Å². The number of hydrogen-bond acceptors (Lipinski definition) is 5. The monoisotopic (exact) mass is 293 g/mol. The molecule has 1 N–H and O–H groups in total. The maximum Gasteiger partial charge on any atom is 0.307 e. The number of carboxylic acid groups (broad SMARTS) is 1. The van der Waals surface area contributed by atoms with Gasteiger partial charge in [-0.15, -0.1) is 10.2 Å². The highest BCUT2D eigenvalue weighted by Crippen LogP contribution is 2.15. The Hall–Kier alpha value is -2.02. The number of carboxylic acids is 1. The number of hydrogen-bond donors (Lipinski definition) is 1. The molecule has 0 saturated carbocycles. The Bertz CT molecular complexity index is 568. The summed E-state index contributed by atoms with van der Waals surface area (Å²) in [6.45, 7) is 0.551. The highest BCUT2D eigenvalue weighted by atomic mass is 32.2. The molecule has 0 aliphatic rings. The fraction of sp³-hybridized carbons (Fsp3) is 0.308. The van der Waals surface area contributed by atoms with Crippen molar-refractivity contribution in [2.24, 2.45) is 7.05 Å². The van der Waals surface area contributed by atoms with Gasteiger partial charge in [0.2, 0.25) is 0 Å². The van der Waals surface area contributed by atoms with E-state index in [1.54, 1.807) is 42.4 Å². The van der Waals surface area contributed by atoms with Crippen molar-refractivity contribution in [1.82, 2.24) is 14.8 Å². The van der Waals surface area contributed by atoms with Gasteiger partial charge in [-0.05, 0) is 17.7 Å². The van der Waals surface area contributed by atoms with E-state index in [0.29, 0.717) is 6.61 Å². The number of thioether (sulfide) groups is 1. The summed E-state index contributed by atoms with van der Waals surface area (Å²) >= 11 is 1.57. The first kappa shape index (κ1) is 14.4. The Balaban J connectivity index is 1.74. The van der Waals surface area contributed by atoms with E-state index in [9.17, 15) is 4.79 Å². The van der Waals surface area contributed by atoms with Crippen LogP contribution in [-0.2, 0) is 18.3 Å². The van der Waals surface area contributed by atoms with E-state index in [2.05, 4.69) is 10.2 Å². The topological polar surface area (TPSA) is 77.2 Å². The minimum absolute atomic E-state index is 0.0301. The molecule has 0 atom stereocenters. The van der Waals surface area contributed by atoms with Crippen molar-refractivity contribution in [3.8, 4) is 5.75 Å². The van der Waals surface area contributed by atoms with Crippen LogP contribution >= 0.6 is 11.8 Å². The van der Waals surface area contributed by atoms with Gasteiger partial charge >= 0.3 is 5.97 Å². The SMILES string of the molecule is Cn1cnnc1SCCOc1ccc(CC(=O)O)cc1. The third kappa shape index (κ3) is 4.27. The summed E-state index contributed by atoms with van der Waals surface area (Å²) in [4.78, 5) is 10.6. The van der Waals surface area contributed by atoms with Gasteiger partial charge in [-0.1, -0.05) is 23.9 Å². The predicted octanol–water partition coefficient (Wildman–Crippen LogP) is 1.61. The standard InChI is InChI=1S/C13H15N3O3S/c1-16-9-14-15-13(16)20-7-6-19-11-4-2-10(3-5-11)8-12(17)18/h2-5,9H,6-8H2,1H3,(H,17,18). The molecule has 0 aliphatic heterocycles. The van der Waals surface area contributed by atoms with Gasteiger partial charge < -0.3 is 14.4 Å². The zero-order chi connectivity index (χ0) is 14.4. The van der Waals surface area contributed by atoms with Crippen LogP contribution in [-0.4, -0.2) is 38.2 Å². The van der Waals surface area contributed by atoms with Gasteiger partial charge in [0.25, 0.3) is 0 Å². The Morgan fingerprint density at radius 1 is 1.40 bits per heavy atom. The van der Waals surface area contributed by atoms with E-state index in [0.717, 1.165) is 22.2 Å². The van der Waals surface area contributed by atoms with Crippen LogP contribution in [0, 0.1) is 0 Å². The zero-order valence-electron chi connectivity index (χ0n) is 11.0. The molecular weight excluding hydrogens is 278 g/mol. The van der Waals surface area contributed by atoms with E-state index >= 15 is 0 Å². The number of benzene rings is 1. The summed E-state index contributed by atoms with van der Waals surface area (Å²) in [5, 5.41) is 17.3. The first-order valence-corrected chi connectivity index (χ1v) is 7.04. The molecule has 20 heavy (non-hydrogen) atoms. The molecule has 106 valence electrons. The summed E-state index contributed by atoms with van der Waals surface area (Å²) in [6, 6.07) is 7.09. The third-order valence-electron chi connectivity index (χ3n) is 2.53. The number of aryl methyl sites for hydroxylation is 1. The van der Waals surface area contributed by atoms with Crippen molar-refractivity contribution in [1.29, 1.82) is 0 Å². The second kappa shape index (κ2) is 6.95. The molecule has 6 nitrogen and oxygen atoms in total. The Labute approximate surface area is 120 Å². The Morgan fingerprint density at radius 3 is 2.75 bits per heavy atom. The number of nitrogens with zero attached hydrogens (tertiary/aromatic N) is 3. The van der Waals surface area contributed by atoms with Crippen LogP contribution in [0.3, 0.4) is 0 Å². The minimum Gasteiger partial charge on any atom is -0.493 e. The van der Waals surface area contributed by atoms with Crippen LogP contribution in [0.5, 0.6) is 5.75 Å². The average Bonchev–Trinajstić information content (AvgIpc) is 2.82. The molecule has 0 unspecified atom stereocenters. The number of ether oxygens (including phenoxy) is 1. The van der Waals surface area contributed by atoms with Gasteiger partial charge in [0, 0.05) is 12.8 Å². The number of aromatic nitrogens is 3. The lowest BCUT2D eigenvalue weighted by atomic mass is 10.1. The van der Waals surface area contributed by atoms with Crippen LogP contribution < -0.4 is 4.74 Å². The van der Waals surface area contributed by atoms with Crippen molar-refractivity contribution in [2.45, 2.75) is 11.6 Å². The maximum atomic E-state index is 10.6. The van der Waals surface area contributed by atoms with Crippen molar-refractivity contribution in [2.75, 3.05) is 12.4 Å². The molecule has 2 aromatic rings. The zero-order valence-corrected chi connectivity index (χ0v) is 11.8. The van der Waals surface area contributed by atoms with E-state index in [1.807, 2.05) is 11.6 Å². The summed E-state index contributed by atoms with van der Waals surface area (Å²) in [5.41, 5.74) is 0.762. The van der Waals surface area contributed by atoms with E-state index in [-0.39, 0.29) is 6.42 Å². The molecule has 1 aromatic carbocycles.